The summed E-state index contributed by atoms with van der Waals surface area (Å²) in [6.07, 6.45) is 4.05. The van der Waals surface area contributed by atoms with Gasteiger partial charge in [-0.25, -0.2) is 0 Å². The van der Waals surface area contributed by atoms with Crippen LogP contribution in [0.15, 0.2) is 24.5 Å². The molecule has 0 saturated carbocycles. The molecule has 2 atom stereocenters. The number of aromatic nitrogens is 1. The number of hydrogen-bond acceptors (Lipinski definition) is 4. The highest BCUT2D eigenvalue weighted by atomic mass is 28.4. The molecule has 2 rings (SSSR count). The maximum atomic E-state index is 6.88. The summed E-state index contributed by atoms with van der Waals surface area (Å²) in [6, 6.07) is 4.21. The molecule has 0 bridgehead atoms. The van der Waals surface area contributed by atoms with E-state index in [9.17, 15) is 0 Å². The number of nitrogens with zero attached hydrogens (tertiary/aromatic N) is 2. The van der Waals surface area contributed by atoms with E-state index in [0.717, 1.165) is 19.6 Å². The van der Waals surface area contributed by atoms with Crippen molar-refractivity contribution < 1.29 is 8.85 Å². The lowest BCUT2D eigenvalue weighted by molar-refractivity contribution is 0.0713. The summed E-state index contributed by atoms with van der Waals surface area (Å²) in [5.74, 6) is 0. The molecule has 0 N–H and O–H groups in total. The van der Waals surface area contributed by atoms with E-state index in [2.05, 4.69) is 89.7 Å². The molecule has 0 amide bonds. The van der Waals surface area contributed by atoms with Crippen molar-refractivity contribution in [3.8, 4) is 0 Å². The van der Waals surface area contributed by atoms with E-state index in [4.69, 9.17) is 8.85 Å². The van der Waals surface area contributed by atoms with Gasteiger partial charge >= 0.3 is 0 Å². The Hall–Kier alpha value is -0.536. The lowest BCUT2D eigenvalue weighted by atomic mass is 10.2. The minimum absolute atomic E-state index is 0.150. The summed E-state index contributed by atoms with van der Waals surface area (Å²) >= 11 is 0. The standard InChI is InChI=1S/C22H42N2O2Si2/c1-21(2,3)27(7,8)25-19-16-24(15-18-11-13-23-14-12-18)17-20(19)26-28(9,10)22(4,5)6/h11-14,19-20H,15-17H2,1-10H3. The van der Waals surface area contributed by atoms with Gasteiger partial charge in [-0.1, -0.05) is 41.5 Å². The number of pyridine rings is 1. The fourth-order valence-electron chi connectivity index (χ4n) is 3.03. The van der Waals surface area contributed by atoms with Gasteiger partial charge in [-0.3, -0.25) is 9.88 Å². The summed E-state index contributed by atoms with van der Waals surface area (Å²) in [4.78, 5) is 6.64. The van der Waals surface area contributed by atoms with Gasteiger partial charge in [0.1, 0.15) is 0 Å². The van der Waals surface area contributed by atoms with Crippen molar-refractivity contribution in [3.05, 3.63) is 30.1 Å². The summed E-state index contributed by atoms with van der Waals surface area (Å²) in [6.45, 7) is 26.1. The maximum Gasteiger partial charge on any atom is 0.192 e. The van der Waals surface area contributed by atoms with Crippen LogP contribution in [-0.2, 0) is 15.4 Å². The second kappa shape index (κ2) is 8.30. The van der Waals surface area contributed by atoms with E-state index in [1.165, 1.54) is 5.56 Å². The molecule has 0 radical (unpaired) electrons. The lowest BCUT2D eigenvalue weighted by Crippen LogP contribution is -2.51. The van der Waals surface area contributed by atoms with Gasteiger partial charge in [-0.05, 0) is 54.0 Å². The molecule has 6 heteroatoms. The van der Waals surface area contributed by atoms with Crippen LogP contribution in [0.3, 0.4) is 0 Å². The van der Waals surface area contributed by atoms with Crippen LogP contribution in [-0.4, -0.2) is 51.8 Å². The molecule has 2 unspecified atom stereocenters. The van der Waals surface area contributed by atoms with Crippen LogP contribution >= 0.6 is 0 Å². The Balaban J connectivity index is 2.19. The van der Waals surface area contributed by atoms with Gasteiger partial charge in [0.05, 0.1) is 12.2 Å². The first-order chi connectivity index (χ1) is 12.6. The van der Waals surface area contributed by atoms with E-state index in [-0.39, 0.29) is 22.3 Å². The fraction of sp³-hybridized carbons (Fsp3) is 0.773. The van der Waals surface area contributed by atoms with Crippen LogP contribution in [0.5, 0.6) is 0 Å². The Morgan fingerprint density at radius 1 is 0.857 bits per heavy atom. The normalized spacial score (nSPS) is 22.6. The third kappa shape index (κ3) is 5.75. The number of rotatable bonds is 6. The first-order valence-electron chi connectivity index (χ1n) is 10.6. The highest BCUT2D eigenvalue weighted by Gasteiger charge is 2.47. The Morgan fingerprint density at radius 2 is 1.25 bits per heavy atom. The molecule has 2 heterocycles. The Labute approximate surface area is 175 Å². The van der Waals surface area contributed by atoms with Crippen LogP contribution in [0.2, 0.25) is 36.3 Å². The Kier molecular flexibility index (Phi) is 7.04. The van der Waals surface area contributed by atoms with E-state index in [1.807, 2.05) is 12.4 Å². The van der Waals surface area contributed by atoms with Crippen LogP contribution in [0.1, 0.15) is 47.1 Å². The van der Waals surface area contributed by atoms with Crippen molar-refractivity contribution in [1.82, 2.24) is 9.88 Å². The van der Waals surface area contributed by atoms with Gasteiger partial charge in [0, 0.05) is 32.0 Å². The lowest BCUT2D eigenvalue weighted by Gasteiger charge is -2.43. The zero-order valence-corrected chi connectivity index (χ0v) is 21.8. The van der Waals surface area contributed by atoms with Crippen molar-refractivity contribution in [2.45, 2.75) is 96.6 Å². The molecule has 0 spiro atoms. The molecule has 4 nitrogen and oxygen atoms in total. The number of likely N-dealkylation sites (tertiary alicyclic amines) is 1. The second-order valence-corrected chi connectivity index (χ2v) is 20.9. The maximum absolute atomic E-state index is 6.88. The van der Waals surface area contributed by atoms with Crippen LogP contribution < -0.4 is 0 Å². The third-order valence-electron chi connectivity index (χ3n) is 6.95. The van der Waals surface area contributed by atoms with E-state index in [1.54, 1.807) is 0 Å². The third-order valence-corrected chi connectivity index (χ3v) is 16.0. The topological polar surface area (TPSA) is 34.6 Å². The SMILES string of the molecule is CC(C)(C)[Si](C)(C)OC1CN(Cc2ccncc2)CC1O[Si](C)(C)C(C)(C)C. The Morgan fingerprint density at radius 3 is 1.61 bits per heavy atom. The second-order valence-electron chi connectivity index (χ2n) is 11.4. The molecule has 1 aliphatic rings. The quantitative estimate of drug-likeness (QED) is 0.553. The summed E-state index contributed by atoms with van der Waals surface area (Å²) < 4.78 is 13.8. The van der Waals surface area contributed by atoms with Crippen LogP contribution in [0.25, 0.3) is 0 Å². The van der Waals surface area contributed by atoms with E-state index >= 15 is 0 Å². The summed E-state index contributed by atoms with van der Waals surface area (Å²) in [5.41, 5.74) is 1.30. The van der Waals surface area contributed by atoms with Crippen molar-refractivity contribution >= 4 is 16.6 Å². The van der Waals surface area contributed by atoms with E-state index in [0.29, 0.717) is 0 Å². The van der Waals surface area contributed by atoms with Gasteiger partial charge in [0.25, 0.3) is 0 Å². The molecule has 28 heavy (non-hydrogen) atoms. The molecule has 1 saturated heterocycles. The molecule has 0 aromatic carbocycles. The first-order valence-corrected chi connectivity index (χ1v) is 16.4. The first kappa shape index (κ1) is 23.7. The van der Waals surface area contributed by atoms with Crippen molar-refractivity contribution in [2.75, 3.05) is 13.1 Å². The zero-order chi connectivity index (χ0) is 21.4. The Bertz CT molecular complexity index is 600. The van der Waals surface area contributed by atoms with Gasteiger partial charge in [0.15, 0.2) is 16.6 Å². The minimum Gasteiger partial charge on any atom is -0.410 e. The van der Waals surface area contributed by atoms with Gasteiger partial charge in [-0.2, -0.15) is 0 Å². The highest BCUT2D eigenvalue weighted by molar-refractivity contribution is 6.74. The predicted octanol–water partition coefficient (Wildman–Crippen LogP) is 5.68. The molecule has 160 valence electrons. The van der Waals surface area contributed by atoms with Crippen LogP contribution in [0.4, 0.5) is 0 Å². The van der Waals surface area contributed by atoms with Crippen molar-refractivity contribution in [3.63, 3.8) is 0 Å². The van der Waals surface area contributed by atoms with Gasteiger partial charge in [0.2, 0.25) is 0 Å². The number of hydrogen-bond donors (Lipinski definition) is 0. The van der Waals surface area contributed by atoms with E-state index < -0.39 is 16.6 Å². The smallest absolute Gasteiger partial charge is 0.192 e. The molecule has 1 aromatic heterocycles. The summed E-state index contributed by atoms with van der Waals surface area (Å²) in [5, 5.41) is 0.403. The van der Waals surface area contributed by atoms with Crippen LogP contribution in [0, 0.1) is 0 Å². The van der Waals surface area contributed by atoms with Crippen molar-refractivity contribution in [1.29, 1.82) is 0 Å². The largest absolute Gasteiger partial charge is 0.410 e. The molecule has 1 fully saturated rings. The predicted molar refractivity (Wildman–Crippen MR) is 124 cm³/mol. The molecule has 0 aliphatic carbocycles. The molecular formula is C22H42N2O2Si2. The average molecular weight is 423 g/mol. The fourth-order valence-corrected chi connectivity index (χ4v) is 5.70. The minimum atomic E-state index is -1.86. The van der Waals surface area contributed by atoms with Gasteiger partial charge in [-0.15, -0.1) is 0 Å². The zero-order valence-electron chi connectivity index (χ0n) is 19.8. The average Bonchev–Trinajstić information content (AvgIpc) is 2.86. The summed E-state index contributed by atoms with van der Waals surface area (Å²) in [7, 11) is -3.71. The molecular weight excluding hydrogens is 380 g/mol. The van der Waals surface area contributed by atoms with Gasteiger partial charge < -0.3 is 8.85 Å². The highest BCUT2D eigenvalue weighted by Crippen LogP contribution is 2.41. The molecule has 1 aromatic rings. The van der Waals surface area contributed by atoms with Crippen molar-refractivity contribution in [2.24, 2.45) is 0 Å². The monoisotopic (exact) mass is 422 g/mol. The molecule has 1 aliphatic heterocycles.